The Morgan fingerprint density at radius 1 is 1.05 bits per heavy atom. The lowest BCUT2D eigenvalue weighted by molar-refractivity contribution is -0.138. The number of thioether (sulfide) groups is 1. The van der Waals surface area contributed by atoms with E-state index in [1.807, 2.05) is 6.92 Å². The Kier molecular flexibility index (Phi) is 20.8. The molecule has 0 radical (unpaired) electrons. The van der Waals surface area contributed by atoms with Crippen molar-refractivity contribution in [2.75, 3.05) is 45.2 Å². The molecule has 0 saturated carbocycles. The Morgan fingerprint density at radius 3 is 2.42 bits per heavy atom. The van der Waals surface area contributed by atoms with Crippen molar-refractivity contribution in [3.8, 4) is 0 Å². The van der Waals surface area contributed by atoms with Crippen LogP contribution in [0.25, 0.3) is 0 Å². The van der Waals surface area contributed by atoms with E-state index in [-0.39, 0.29) is 81.7 Å². The Hall–Kier alpha value is -4.20. The first-order chi connectivity index (χ1) is 26.1. The fourth-order valence-electron chi connectivity index (χ4n) is 5.67. The van der Waals surface area contributed by atoms with Gasteiger partial charge in [0.15, 0.2) is 5.78 Å². The van der Waals surface area contributed by atoms with E-state index in [1.165, 1.54) is 38.1 Å². The predicted octanol–water partition coefficient (Wildman–Crippen LogP) is -0.727. The fourth-order valence-corrected chi connectivity index (χ4v) is 6.79. The van der Waals surface area contributed by atoms with Gasteiger partial charge in [-0.15, -0.1) is 11.8 Å². The molecule has 1 aromatic heterocycles. The van der Waals surface area contributed by atoms with Crippen molar-refractivity contribution in [1.29, 1.82) is 0 Å². The lowest BCUT2D eigenvalue weighted by atomic mass is 9.83. The summed E-state index contributed by atoms with van der Waals surface area (Å²) in [6, 6.07) is -0.961. The molecule has 1 aromatic rings. The number of imide groups is 1. The number of imidazole rings is 1. The molecule has 1 aliphatic rings. The van der Waals surface area contributed by atoms with Crippen molar-refractivity contribution >= 4 is 58.8 Å². The van der Waals surface area contributed by atoms with Crippen molar-refractivity contribution in [1.82, 2.24) is 30.8 Å². The predicted molar refractivity (Wildman–Crippen MR) is 203 cm³/mol. The second-order valence-corrected chi connectivity index (χ2v) is 15.3. The fraction of sp³-hybridized carbons (Fsp3) is 0.694. The van der Waals surface area contributed by atoms with E-state index in [9.17, 15) is 43.5 Å². The smallest absolute Gasteiger partial charge is 0.242 e. The van der Waals surface area contributed by atoms with Crippen molar-refractivity contribution in [2.45, 2.75) is 102 Å². The maximum Gasteiger partial charge on any atom is 0.242 e. The van der Waals surface area contributed by atoms with Crippen LogP contribution in [-0.4, -0.2) is 129 Å². The minimum Gasteiger partial charge on any atom is -0.396 e. The molecule has 308 valence electrons. The number of hydrogen-bond donors (Lipinski definition) is 7. The number of hydrogen-bond acceptors (Lipinski definition) is 13. The molecule has 18 nitrogen and oxygen atoms in total. The van der Waals surface area contributed by atoms with Crippen LogP contribution >= 0.6 is 11.8 Å². The zero-order chi connectivity index (χ0) is 41.0. The summed E-state index contributed by atoms with van der Waals surface area (Å²) in [6.45, 7) is 5.97. The maximum absolute atomic E-state index is 13.4. The standard InChI is InChI=1S/C36H58N8O10S/c1-4-13-54-14-11-41-30(48)8-12-44-32(50)19-28(35(44)53)55-15-9-31(49)40-10-6-5-7-23(27(46)16-24(21-45)33(38)51)17-29(47)36(2,3)43-34(52)26(37)18-25-20-39-22-42-25/h20,22-24,26,28,45H,4-19,21,37H2,1-3H3,(H2,38,51)(H,39,42)(H,40,49)(H,41,48)(H,43,52)/t23-,24+,26+,28?/m1/s1. The third-order valence-corrected chi connectivity index (χ3v) is 10.3. The second-order valence-electron chi connectivity index (χ2n) is 14.0. The molecule has 0 aliphatic carbocycles. The molecule has 4 atom stereocenters. The number of H-pyrrole nitrogens is 1. The van der Waals surface area contributed by atoms with Gasteiger partial charge in [-0.1, -0.05) is 13.3 Å². The highest BCUT2D eigenvalue weighted by molar-refractivity contribution is 8.00. The van der Waals surface area contributed by atoms with Gasteiger partial charge in [0.05, 0.1) is 42.3 Å². The maximum atomic E-state index is 13.4. The summed E-state index contributed by atoms with van der Waals surface area (Å²) in [5.41, 5.74) is 10.6. The molecule has 1 aliphatic heterocycles. The minimum atomic E-state index is -1.37. The summed E-state index contributed by atoms with van der Waals surface area (Å²) in [5, 5.41) is 17.1. The van der Waals surface area contributed by atoms with Crippen LogP contribution in [0.15, 0.2) is 12.5 Å². The van der Waals surface area contributed by atoms with Crippen LogP contribution in [0.1, 0.15) is 84.3 Å². The number of ether oxygens (including phenoxy) is 1. The molecule has 1 fully saturated rings. The first-order valence-corrected chi connectivity index (χ1v) is 19.7. The number of ketones is 2. The number of aromatic nitrogens is 2. The van der Waals surface area contributed by atoms with E-state index < -0.39 is 58.7 Å². The summed E-state index contributed by atoms with van der Waals surface area (Å²) in [4.78, 5) is 109. The Morgan fingerprint density at radius 2 is 1.76 bits per heavy atom. The van der Waals surface area contributed by atoms with Crippen LogP contribution in [0.4, 0.5) is 0 Å². The van der Waals surface area contributed by atoms with Gasteiger partial charge in [0, 0.05) is 88.3 Å². The first kappa shape index (κ1) is 47.0. The van der Waals surface area contributed by atoms with Gasteiger partial charge in [-0.3, -0.25) is 43.3 Å². The monoisotopic (exact) mass is 794 g/mol. The van der Waals surface area contributed by atoms with Crippen LogP contribution in [-0.2, 0) is 49.5 Å². The number of nitrogens with two attached hydrogens (primary N) is 2. The Balaban J connectivity index is 1.79. The Bertz CT molecular complexity index is 1460. The van der Waals surface area contributed by atoms with E-state index in [0.29, 0.717) is 44.0 Å². The average molecular weight is 795 g/mol. The zero-order valence-corrected chi connectivity index (χ0v) is 32.9. The van der Waals surface area contributed by atoms with Crippen molar-refractivity contribution in [3.63, 3.8) is 0 Å². The molecule has 2 rings (SSSR count). The van der Waals surface area contributed by atoms with Crippen LogP contribution in [0.5, 0.6) is 0 Å². The van der Waals surface area contributed by atoms with E-state index in [2.05, 4.69) is 25.9 Å². The summed E-state index contributed by atoms with van der Waals surface area (Å²) in [6.07, 6.45) is 4.66. The van der Waals surface area contributed by atoms with Gasteiger partial charge in [-0.25, -0.2) is 4.98 Å². The molecule has 6 amide bonds. The number of carbonyl (C=O) groups excluding carboxylic acids is 8. The van der Waals surface area contributed by atoms with Crippen LogP contribution in [0.2, 0.25) is 0 Å². The largest absolute Gasteiger partial charge is 0.396 e. The van der Waals surface area contributed by atoms with Gasteiger partial charge in [-0.2, -0.15) is 0 Å². The van der Waals surface area contributed by atoms with Crippen molar-refractivity contribution < 1.29 is 48.2 Å². The van der Waals surface area contributed by atoms with Gasteiger partial charge >= 0.3 is 0 Å². The number of carbonyl (C=O) groups is 8. The summed E-state index contributed by atoms with van der Waals surface area (Å²) < 4.78 is 5.31. The number of primary amides is 1. The molecule has 0 bridgehead atoms. The van der Waals surface area contributed by atoms with Crippen LogP contribution in [0.3, 0.4) is 0 Å². The summed E-state index contributed by atoms with van der Waals surface area (Å²) >= 11 is 1.21. The molecule has 1 unspecified atom stereocenters. The van der Waals surface area contributed by atoms with Crippen LogP contribution in [0, 0.1) is 11.8 Å². The molecular formula is C36H58N8O10S. The third kappa shape index (κ3) is 17.0. The number of rotatable bonds is 29. The number of aromatic amines is 1. The average Bonchev–Trinajstić information content (AvgIpc) is 3.74. The molecule has 0 spiro atoms. The second kappa shape index (κ2) is 24.3. The number of nitrogens with zero attached hydrogens (tertiary/aromatic N) is 2. The minimum absolute atomic E-state index is 0.00154. The SMILES string of the molecule is CCCOCCNC(=O)CCN1C(=O)CC(SCCC(=O)NCCCC[C@H](CC(=O)C(C)(C)NC(=O)[C@@H](N)Cc2cnc[nH]2)C(=O)C[C@@H](CO)C(N)=O)C1=O. The van der Waals surface area contributed by atoms with E-state index in [1.54, 1.807) is 0 Å². The lowest BCUT2D eigenvalue weighted by Crippen LogP contribution is -2.55. The highest BCUT2D eigenvalue weighted by Gasteiger charge is 2.39. The molecule has 1 saturated heterocycles. The molecular weight excluding hydrogens is 737 g/mol. The summed E-state index contributed by atoms with van der Waals surface area (Å²) in [7, 11) is 0. The number of unbranched alkanes of at least 4 members (excludes halogenated alkanes) is 1. The molecule has 0 aromatic carbocycles. The quantitative estimate of drug-likeness (QED) is 0.0390. The summed E-state index contributed by atoms with van der Waals surface area (Å²) in [5.74, 6) is -5.20. The van der Waals surface area contributed by atoms with Gasteiger partial charge in [0.25, 0.3) is 0 Å². The molecule has 9 N–H and O–H groups in total. The molecule has 19 heteroatoms. The number of aliphatic hydroxyl groups excluding tert-OH is 1. The first-order valence-electron chi connectivity index (χ1n) is 18.7. The van der Waals surface area contributed by atoms with E-state index >= 15 is 0 Å². The van der Waals surface area contributed by atoms with Gasteiger partial charge in [0.2, 0.25) is 35.4 Å². The number of Topliss-reactive ketones (excluding diaryl/α,β-unsaturated/α-hetero) is 2. The van der Waals surface area contributed by atoms with E-state index in [4.69, 9.17) is 16.2 Å². The third-order valence-electron chi connectivity index (χ3n) is 9.05. The highest BCUT2D eigenvalue weighted by atomic mass is 32.2. The van der Waals surface area contributed by atoms with Gasteiger partial charge in [-0.05, 0) is 33.1 Å². The number of aliphatic hydroxyl groups is 1. The number of likely N-dealkylation sites (tertiary alicyclic amines) is 1. The number of nitrogens with one attached hydrogen (secondary N) is 4. The highest BCUT2D eigenvalue weighted by Crippen LogP contribution is 2.26. The lowest BCUT2D eigenvalue weighted by Gasteiger charge is -2.28. The normalized spacial score (nSPS) is 16.0. The Labute approximate surface area is 325 Å². The van der Waals surface area contributed by atoms with Crippen LogP contribution < -0.4 is 27.4 Å². The van der Waals surface area contributed by atoms with Crippen molar-refractivity contribution in [2.24, 2.45) is 23.3 Å². The molecule has 2 heterocycles. The zero-order valence-electron chi connectivity index (χ0n) is 32.1. The van der Waals surface area contributed by atoms with Gasteiger partial charge in [0.1, 0.15) is 5.78 Å². The van der Waals surface area contributed by atoms with Gasteiger partial charge < -0.3 is 42.2 Å². The number of amides is 6. The molecule has 55 heavy (non-hydrogen) atoms. The topological polar surface area (TPSA) is 286 Å². The van der Waals surface area contributed by atoms with E-state index in [0.717, 1.165) is 11.3 Å². The van der Waals surface area contributed by atoms with Crippen molar-refractivity contribution in [3.05, 3.63) is 18.2 Å².